The molecule has 4 fully saturated rings. The van der Waals surface area contributed by atoms with Crippen molar-refractivity contribution >= 4 is 29.1 Å². The number of para-hydroxylation sites is 1. The molecule has 0 heterocycles. The first-order valence-electron chi connectivity index (χ1n) is 10.9. The van der Waals surface area contributed by atoms with Crippen LogP contribution >= 0.6 is 11.6 Å². The van der Waals surface area contributed by atoms with Gasteiger partial charge >= 0.3 is 0 Å². The maximum absolute atomic E-state index is 13.5. The largest absolute Gasteiger partial charge is 0.340 e. The predicted molar refractivity (Wildman–Crippen MR) is 118 cm³/mol. The Bertz CT molecular complexity index is 906. The van der Waals surface area contributed by atoms with Gasteiger partial charge in [-0.25, -0.2) is 0 Å². The van der Waals surface area contributed by atoms with Gasteiger partial charge in [-0.05, 0) is 92.7 Å². The van der Waals surface area contributed by atoms with Crippen molar-refractivity contribution in [3.8, 4) is 0 Å². The third kappa shape index (κ3) is 3.74. The molecule has 4 bridgehead atoms. The molecule has 0 spiro atoms. The first kappa shape index (κ1) is 19.6. The molecule has 2 aromatic rings. The molecule has 156 valence electrons. The maximum Gasteiger partial charge on any atom is 0.251 e. The van der Waals surface area contributed by atoms with Crippen molar-refractivity contribution in [3.63, 3.8) is 0 Å². The van der Waals surface area contributed by atoms with Crippen LogP contribution in [0.3, 0.4) is 0 Å². The van der Waals surface area contributed by atoms with E-state index in [4.69, 9.17) is 11.6 Å². The van der Waals surface area contributed by atoms with E-state index in [1.165, 1.54) is 19.3 Å². The summed E-state index contributed by atoms with van der Waals surface area (Å²) in [5.41, 5.74) is 1.15. The summed E-state index contributed by atoms with van der Waals surface area (Å²) in [6, 6.07) is 15.8. The highest BCUT2D eigenvalue weighted by Gasteiger charge is 2.56. The van der Waals surface area contributed by atoms with Gasteiger partial charge in [-0.15, -0.1) is 0 Å². The SMILES string of the molecule is O=C(N[C@@H](C(=O)Nc1ccccc1)C12CC3CC(CC(C3)C1)C2)c1ccc(Cl)cc1. The minimum absolute atomic E-state index is 0.106. The number of amides is 2. The van der Waals surface area contributed by atoms with Gasteiger partial charge in [0.2, 0.25) is 5.91 Å². The molecule has 0 radical (unpaired) electrons. The Kier molecular flexibility index (Phi) is 5.06. The fourth-order valence-electron chi connectivity index (χ4n) is 6.58. The van der Waals surface area contributed by atoms with Crippen LogP contribution in [-0.4, -0.2) is 17.9 Å². The summed E-state index contributed by atoms with van der Waals surface area (Å²) >= 11 is 5.98. The summed E-state index contributed by atoms with van der Waals surface area (Å²) < 4.78 is 0. The Morgan fingerprint density at radius 2 is 1.43 bits per heavy atom. The molecular formula is C25H27ClN2O2. The topological polar surface area (TPSA) is 58.2 Å². The summed E-state index contributed by atoms with van der Waals surface area (Å²) in [5, 5.41) is 6.78. The van der Waals surface area contributed by atoms with E-state index in [9.17, 15) is 9.59 Å². The van der Waals surface area contributed by atoms with Gasteiger partial charge in [0.05, 0.1) is 0 Å². The lowest BCUT2D eigenvalue weighted by molar-refractivity contribution is -0.129. The average molecular weight is 423 g/mol. The summed E-state index contributed by atoms with van der Waals surface area (Å²) in [4.78, 5) is 26.6. The van der Waals surface area contributed by atoms with Crippen molar-refractivity contribution in [3.05, 3.63) is 65.2 Å². The van der Waals surface area contributed by atoms with E-state index >= 15 is 0 Å². The number of rotatable bonds is 5. The molecular weight excluding hydrogens is 396 g/mol. The van der Waals surface area contributed by atoms with Crippen LogP contribution in [-0.2, 0) is 4.79 Å². The first-order chi connectivity index (χ1) is 14.5. The van der Waals surface area contributed by atoms with Gasteiger partial charge < -0.3 is 10.6 Å². The highest BCUT2D eigenvalue weighted by atomic mass is 35.5. The van der Waals surface area contributed by atoms with E-state index in [-0.39, 0.29) is 17.2 Å². The maximum atomic E-state index is 13.5. The molecule has 0 aromatic heterocycles. The number of carbonyl (C=O) groups excluding carboxylic acids is 2. The van der Waals surface area contributed by atoms with Gasteiger partial charge in [-0.3, -0.25) is 9.59 Å². The fraction of sp³-hybridized carbons (Fsp3) is 0.440. The second-order valence-corrected chi connectivity index (χ2v) is 9.99. The van der Waals surface area contributed by atoms with E-state index in [1.807, 2.05) is 30.3 Å². The number of hydrogen-bond acceptors (Lipinski definition) is 2. The minimum atomic E-state index is -0.533. The number of anilines is 1. The van der Waals surface area contributed by atoms with Gasteiger partial charge in [0.25, 0.3) is 5.91 Å². The van der Waals surface area contributed by atoms with Crippen molar-refractivity contribution in [2.75, 3.05) is 5.32 Å². The van der Waals surface area contributed by atoms with Crippen LogP contribution < -0.4 is 10.6 Å². The molecule has 5 heteroatoms. The molecule has 4 aliphatic rings. The van der Waals surface area contributed by atoms with Crippen molar-refractivity contribution < 1.29 is 9.59 Å². The van der Waals surface area contributed by atoms with Gasteiger partial charge in [0.15, 0.2) is 0 Å². The minimum Gasteiger partial charge on any atom is -0.340 e. The van der Waals surface area contributed by atoms with Crippen molar-refractivity contribution in [2.24, 2.45) is 23.2 Å². The zero-order chi connectivity index (χ0) is 20.7. The van der Waals surface area contributed by atoms with Gasteiger partial charge in [-0.2, -0.15) is 0 Å². The second kappa shape index (κ2) is 7.73. The Balaban J connectivity index is 1.44. The zero-order valence-corrected chi connectivity index (χ0v) is 17.7. The average Bonchev–Trinajstić information content (AvgIpc) is 2.72. The third-order valence-corrected chi connectivity index (χ3v) is 7.64. The number of halogens is 1. The van der Waals surface area contributed by atoms with Crippen molar-refractivity contribution in [1.82, 2.24) is 5.32 Å². The highest BCUT2D eigenvalue weighted by molar-refractivity contribution is 6.30. The molecule has 0 unspecified atom stereocenters. The third-order valence-electron chi connectivity index (χ3n) is 7.38. The van der Waals surface area contributed by atoms with E-state index in [1.54, 1.807) is 24.3 Å². The monoisotopic (exact) mass is 422 g/mol. The summed E-state index contributed by atoms with van der Waals surface area (Å²) in [6.45, 7) is 0. The lowest BCUT2D eigenvalue weighted by Gasteiger charge is -2.58. The predicted octanol–water partition coefficient (Wildman–Crippen LogP) is 5.29. The molecule has 2 aromatic carbocycles. The van der Waals surface area contributed by atoms with Crippen molar-refractivity contribution in [1.29, 1.82) is 0 Å². The molecule has 4 aliphatic carbocycles. The summed E-state index contributed by atoms with van der Waals surface area (Å²) in [6.07, 6.45) is 6.97. The molecule has 1 atom stereocenters. The number of carbonyl (C=O) groups is 2. The van der Waals surface area contributed by atoms with Crippen LogP contribution in [0.15, 0.2) is 54.6 Å². The zero-order valence-electron chi connectivity index (χ0n) is 16.9. The number of nitrogens with one attached hydrogen (secondary N) is 2. The quantitative estimate of drug-likeness (QED) is 0.687. The Hall–Kier alpha value is -2.33. The summed E-state index contributed by atoms with van der Waals surface area (Å²) in [5.74, 6) is 1.75. The smallest absolute Gasteiger partial charge is 0.251 e. The number of hydrogen-bond donors (Lipinski definition) is 2. The second-order valence-electron chi connectivity index (χ2n) is 9.55. The Morgan fingerprint density at radius 1 is 0.867 bits per heavy atom. The Labute approximate surface area is 182 Å². The lowest BCUT2D eigenvalue weighted by Crippen LogP contribution is -2.61. The van der Waals surface area contributed by atoms with Gasteiger partial charge in [-0.1, -0.05) is 29.8 Å². The summed E-state index contributed by atoms with van der Waals surface area (Å²) in [7, 11) is 0. The lowest BCUT2D eigenvalue weighted by atomic mass is 9.47. The van der Waals surface area contributed by atoms with Crippen LogP contribution in [0.1, 0.15) is 48.9 Å². The van der Waals surface area contributed by atoms with Crippen LogP contribution in [0.4, 0.5) is 5.69 Å². The van der Waals surface area contributed by atoms with Crippen LogP contribution in [0, 0.1) is 23.2 Å². The molecule has 2 N–H and O–H groups in total. The Morgan fingerprint density at radius 3 is 2.00 bits per heavy atom. The van der Waals surface area contributed by atoms with E-state index < -0.39 is 6.04 Å². The molecule has 0 aliphatic heterocycles. The van der Waals surface area contributed by atoms with E-state index in [2.05, 4.69) is 10.6 Å². The van der Waals surface area contributed by atoms with Crippen LogP contribution in [0.5, 0.6) is 0 Å². The molecule has 2 amide bonds. The highest BCUT2D eigenvalue weighted by Crippen LogP contribution is 2.61. The normalized spacial score (nSPS) is 30.0. The van der Waals surface area contributed by atoms with Crippen LogP contribution in [0.2, 0.25) is 5.02 Å². The standard InChI is InChI=1S/C25H27ClN2O2/c26-20-8-6-19(7-9-20)23(29)28-22(24(30)27-21-4-2-1-3-5-21)25-13-16-10-17(14-25)12-18(11-16)15-25/h1-9,16-18,22H,10-15H2,(H,27,30)(H,28,29)/t16?,17?,18?,22-,25?/m0/s1. The van der Waals surface area contributed by atoms with E-state index in [0.717, 1.165) is 24.9 Å². The van der Waals surface area contributed by atoms with Crippen molar-refractivity contribution in [2.45, 2.75) is 44.6 Å². The van der Waals surface area contributed by atoms with Crippen LogP contribution in [0.25, 0.3) is 0 Å². The number of benzene rings is 2. The molecule has 4 saturated carbocycles. The first-order valence-corrected chi connectivity index (χ1v) is 11.3. The molecule has 0 saturated heterocycles. The fourth-order valence-corrected chi connectivity index (χ4v) is 6.71. The van der Waals surface area contributed by atoms with Gasteiger partial charge in [0.1, 0.15) is 6.04 Å². The molecule has 30 heavy (non-hydrogen) atoms. The van der Waals surface area contributed by atoms with Gasteiger partial charge in [0, 0.05) is 21.7 Å². The molecule has 6 rings (SSSR count). The molecule has 4 nitrogen and oxygen atoms in total. The van der Waals surface area contributed by atoms with E-state index in [0.29, 0.717) is 28.3 Å².